The Morgan fingerprint density at radius 2 is 2.17 bits per heavy atom. The number of benzene rings is 1. The summed E-state index contributed by atoms with van der Waals surface area (Å²) in [6.07, 6.45) is 9.55. The fourth-order valence-electron chi connectivity index (χ4n) is 5.10. The van der Waals surface area contributed by atoms with Crippen LogP contribution < -0.4 is 5.32 Å². The molecule has 1 saturated heterocycles. The Bertz CT molecular complexity index is 949. The van der Waals surface area contributed by atoms with Gasteiger partial charge in [0, 0.05) is 24.6 Å². The van der Waals surface area contributed by atoms with E-state index in [4.69, 9.17) is 0 Å². The molecule has 6 heteroatoms. The van der Waals surface area contributed by atoms with E-state index in [9.17, 15) is 19.5 Å². The number of aromatic hydroxyl groups is 1. The quantitative estimate of drug-likeness (QED) is 0.709. The minimum Gasteiger partial charge on any atom is -0.508 e. The smallest absolute Gasteiger partial charge is 0.254 e. The van der Waals surface area contributed by atoms with Crippen LogP contribution in [0.3, 0.4) is 0 Å². The molecule has 1 aliphatic heterocycles. The zero-order valence-electron chi connectivity index (χ0n) is 17.3. The normalized spacial score (nSPS) is 24.7. The standard InChI is InChI=1S/C24H28N2O4/c1-2-14-26(17-9-10-18-16(15-17)6-5-8-20(18)27)21(28)11-13-24-12-4-3-7-19(24)22(29)25-23(24)30/h3-8,17,27H,2,9-15H2,1H3,(H,25,29,30). The second-order valence-electron chi connectivity index (χ2n) is 8.48. The van der Waals surface area contributed by atoms with Gasteiger partial charge in [0.05, 0.1) is 5.41 Å². The lowest BCUT2D eigenvalue weighted by Gasteiger charge is -2.36. The van der Waals surface area contributed by atoms with Gasteiger partial charge in [0.15, 0.2) is 0 Å². The molecule has 1 aromatic rings. The first-order valence-corrected chi connectivity index (χ1v) is 10.8. The highest BCUT2D eigenvalue weighted by molar-refractivity contribution is 6.17. The third kappa shape index (κ3) is 3.44. The largest absolute Gasteiger partial charge is 0.508 e. The second kappa shape index (κ2) is 8.09. The highest BCUT2D eigenvalue weighted by Crippen LogP contribution is 2.43. The summed E-state index contributed by atoms with van der Waals surface area (Å²) < 4.78 is 0. The Morgan fingerprint density at radius 1 is 1.33 bits per heavy atom. The van der Waals surface area contributed by atoms with Gasteiger partial charge in [0.25, 0.3) is 5.91 Å². The number of carbonyl (C=O) groups excluding carboxylic acids is 3. The van der Waals surface area contributed by atoms with E-state index < -0.39 is 5.41 Å². The number of hydrogen-bond donors (Lipinski definition) is 2. The summed E-state index contributed by atoms with van der Waals surface area (Å²) in [4.78, 5) is 39.9. The van der Waals surface area contributed by atoms with E-state index in [1.165, 1.54) is 0 Å². The van der Waals surface area contributed by atoms with Gasteiger partial charge >= 0.3 is 0 Å². The Balaban J connectivity index is 1.48. The summed E-state index contributed by atoms with van der Waals surface area (Å²) in [5, 5.41) is 12.5. The van der Waals surface area contributed by atoms with Gasteiger partial charge in [-0.2, -0.15) is 0 Å². The molecule has 2 aliphatic carbocycles. The van der Waals surface area contributed by atoms with E-state index in [-0.39, 0.29) is 30.2 Å². The van der Waals surface area contributed by atoms with Crippen molar-refractivity contribution in [1.29, 1.82) is 0 Å². The van der Waals surface area contributed by atoms with E-state index in [0.717, 1.165) is 36.8 Å². The molecule has 2 atom stereocenters. The van der Waals surface area contributed by atoms with Crippen molar-refractivity contribution in [3.05, 3.63) is 53.1 Å². The summed E-state index contributed by atoms with van der Waals surface area (Å²) in [5.41, 5.74) is 1.65. The predicted molar refractivity (Wildman–Crippen MR) is 113 cm³/mol. The fourth-order valence-corrected chi connectivity index (χ4v) is 5.10. The topological polar surface area (TPSA) is 86.7 Å². The SMILES string of the molecule is CCCN(C(=O)CCC12CC=CC=C1C(=O)NC2=O)C1CCc2c(O)cccc2C1. The van der Waals surface area contributed by atoms with E-state index in [0.29, 0.717) is 30.7 Å². The summed E-state index contributed by atoms with van der Waals surface area (Å²) in [7, 11) is 0. The Kier molecular flexibility index (Phi) is 5.50. The third-order valence-electron chi connectivity index (χ3n) is 6.71. The maximum Gasteiger partial charge on any atom is 0.254 e. The van der Waals surface area contributed by atoms with Gasteiger partial charge in [-0.15, -0.1) is 0 Å². The van der Waals surface area contributed by atoms with E-state index in [2.05, 4.69) is 12.2 Å². The number of rotatable bonds is 6. The highest BCUT2D eigenvalue weighted by Gasteiger charge is 2.51. The molecule has 0 spiro atoms. The summed E-state index contributed by atoms with van der Waals surface area (Å²) in [6.45, 7) is 2.72. The van der Waals surface area contributed by atoms with Crippen LogP contribution in [0.1, 0.15) is 50.2 Å². The van der Waals surface area contributed by atoms with Gasteiger partial charge < -0.3 is 10.0 Å². The van der Waals surface area contributed by atoms with Gasteiger partial charge in [0.2, 0.25) is 11.8 Å². The molecule has 0 bridgehead atoms. The predicted octanol–water partition coefficient (Wildman–Crippen LogP) is 2.80. The molecule has 1 fully saturated rings. The highest BCUT2D eigenvalue weighted by atomic mass is 16.3. The molecule has 2 unspecified atom stereocenters. The molecule has 1 heterocycles. The minimum absolute atomic E-state index is 0.0286. The number of fused-ring (bicyclic) bond motifs is 2. The maximum atomic E-state index is 13.2. The van der Waals surface area contributed by atoms with Crippen LogP contribution >= 0.6 is 0 Å². The van der Waals surface area contributed by atoms with Gasteiger partial charge in [0.1, 0.15) is 5.75 Å². The monoisotopic (exact) mass is 408 g/mol. The Hall–Kier alpha value is -2.89. The summed E-state index contributed by atoms with van der Waals surface area (Å²) >= 11 is 0. The van der Waals surface area contributed by atoms with Crippen molar-refractivity contribution in [3.8, 4) is 5.75 Å². The number of phenols is 1. The van der Waals surface area contributed by atoms with E-state index >= 15 is 0 Å². The van der Waals surface area contributed by atoms with Crippen LogP contribution in [0.4, 0.5) is 0 Å². The van der Waals surface area contributed by atoms with Crippen molar-refractivity contribution >= 4 is 17.7 Å². The third-order valence-corrected chi connectivity index (χ3v) is 6.71. The average molecular weight is 408 g/mol. The van der Waals surface area contributed by atoms with Gasteiger partial charge in [-0.25, -0.2) is 0 Å². The number of amides is 3. The first-order valence-electron chi connectivity index (χ1n) is 10.8. The van der Waals surface area contributed by atoms with Crippen LogP contribution in [0.25, 0.3) is 0 Å². The molecule has 0 radical (unpaired) electrons. The fraction of sp³-hybridized carbons (Fsp3) is 0.458. The lowest BCUT2D eigenvalue weighted by atomic mass is 9.72. The molecule has 0 saturated carbocycles. The number of nitrogens with one attached hydrogen (secondary N) is 1. The Morgan fingerprint density at radius 3 is 2.97 bits per heavy atom. The van der Waals surface area contributed by atoms with Crippen LogP contribution in [0.5, 0.6) is 5.75 Å². The molecule has 1 aromatic carbocycles. The summed E-state index contributed by atoms with van der Waals surface area (Å²) in [6, 6.07) is 5.67. The molecular formula is C24H28N2O4. The maximum absolute atomic E-state index is 13.2. The van der Waals surface area contributed by atoms with Crippen LogP contribution in [-0.2, 0) is 27.2 Å². The van der Waals surface area contributed by atoms with Crippen molar-refractivity contribution in [2.24, 2.45) is 5.41 Å². The number of hydrogen-bond acceptors (Lipinski definition) is 4. The molecule has 3 aliphatic rings. The molecule has 4 rings (SSSR count). The number of phenolic OH excluding ortho intramolecular Hbond substituents is 1. The van der Waals surface area contributed by atoms with Crippen molar-refractivity contribution < 1.29 is 19.5 Å². The first kappa shape index (κ1) is 20.4. The molecular weight excluding hydrogens is 380 g/mol. The zero-order valence-corrected chi connectivity index (χ0v) is 17.3. The number of carbonyl (C=O) groups is 3. The lowest BCUT2D eigenvalue weighted by molar-refractivity contribution is -0.135. The molecule has 30 heavy (non-hydrogen) atoms. The van der Waals surface area contributed by atoms with Crippen molar-refractivity contribution in [1.82, 2.24) is 10.2 Å². The molecule has 6 nitrogen and oxygen atoms in total. The number of nitrogens with zero attached hydrogens (tertiary/aromatic N) is 1. The van der Waals surface area contributed by atoms with E-state index in [1.54, 1.807) is 18.2 Å². The van der Waals surface area contributed by atoms with Gasteiger partial charge in [-0.1, -0.05) is 37.3 Å². The number of allylic oxidation sites excluding steroid dienone is 3. The van der Waals surface area contributed by atoms with Gasteiger partial charge in [-0.05, 0) is 55.7 Å². The molecule has 3 amide bonds. The molecule has 0 aromatic heterocycles. The van der Waals surface area contributed by atoms with Crippen molar-refractivity contribution in [2.75, 3.05) is 6.54 Å². The minimum atomic E-state index is -0.912. The molecule has 2 N–H and O–H groups in total. The van der Waals surface area contributed by atoms with Crippen molar-refractivity contribution in [3.63, 3.8) is 0 Å². The second-order valence-corrected chi connectivity index (χ2v) is 8.48. The summed E-state index contributed by atoms with van der Waals surface area (Å²) in [5.74, 6) is -0.271. The van der Waals surface area contributed by atoms with Crippen molar-refractivity contribution in [2.45, 2.75) is 57.9 Å². The average Bonchev–Trinajstić information content (AvgIpc) is 3.00. The zero-order chi connectivity index (χ0) is 21.3. The van der Waals surface area contributed by atoms with Crippen LogP contribution in [-0.4, -0.2) is 40.3 Å². The number of imide groups is 1. The first-order chi connectivity index (χ1) is 14.5. The van der Waals surface area contributed by atoms with Crippen LogP contribution in [0, 0.1) is 5.41 Å². The Labute approximate surface area is 176 Å². The van der Waals surface area contributed by atoms with Gasteiger partial charge in [-0.3, -0.25) is 19.7 Å². The van der Waals surface area contributed by atoms with Crippen LogP contribution in [0.2, 0.25) is 0 Å². The lowest BCUT2D eigenvalue weighted by Crippen LogP contribution is -2.44. The van der Waals surface area contributed by atoms with E-state index in [1.807, 2.05) is 23.1 Å². The molecule has 158 valence electrons. The van der Waals surface area contributed by atoms with Crippen LogP contribution in [0.15, 0.2) is 42.0 Å².